The highest BCUT2D eigenvalue weighted by molar-refractivity contribution is 4.75. The van der Waals surface area contributed by atoms with E-state index < -0.39 is 0 Å². The van der Waals surface area contributed by atoms with Crippen LogP contribution < -0.4 is 0 Å². The molecule has 70 valence electrons. The summed E-state index contributed by atoms with van der Waals surface area (Å²) in [5.74, 6) is 0.556. The molecule has 1 aliphatic heterocycles. The Morgan fingerprint density at radius 3 is 2.42 bits per heavy atom. The summed E-state index contributed by atoms with van der Waals surface area (Å²) >= 11 is 0. The molecule has 0 saturated heterocycles. The molecule has 1 heterocycles. The predicted molar refractivity (Wildman–Crippen MR) is 48.4 cm³/mol. The summed E-state index contributed by atoms with van der Waals surface area (Å²) in [4.78, 5) is 0. The summed E-state index contributed by atoms with van der Waals surface area (Å²) < 4.78 is 10.6. The van der Waals surface area contributed by atoms with E-state index in [9.17, 15) is 0 Å². The summed E-state index contributed by atoms with van der Waals surface area (Å²) in [5.41, 5.74) is 0. The highest BCUT2D eigenvalue weighted by atomic mass is 16.7. The van der Waals surface area contributed by atoms with E-state index in [0.29, 0.717) is 5.92 Å². The Morgan fingerprint density at radius 2 is 1.92 bits per heavy atom. The number of unbranched alkanes of at least 4 members (excludes halogenated alkanes) is 1. The Labute approximate surface area is 74.6 Å². The van der Waals surface area contributed by atoms with Crippen molar-refractivity contribution < 1.29 is 9.47 Å². The zero-order chi connectivity index (χ0) is 8.81. The molecule has 2 heteroatoms. The van der Waals surface area contributed by atoms with Crippen LogP contribution in [0.15, 0.2) is 12.5 Å². The molecule has 12 heavy (non-hydrogen) atoms. The van der Waals surface area contributed by atoms with Crippen molar-refractivity contribution in [3.05, 3.63) is 12.5 Å². The van der Waals surface area contributed by atoms with E-state index in [1.165, 1.54) is 19.3 Å². The van der Waals surface area contributed by atoms with Gasteiger partial charge in [-0.15, -0.1) is 0 Å². The normalized spacial score (nSPS) is 18.8. The quantitative estimate of drug-likeness (QED) is 0.631. The SMILES string of the molecule is CCCCC(CC)C1OC=CO1. The van der Waals surface area contributed by atoms with E-state index >= 15 is 0 Å². The molecule has 0 fully saturated rings. The maximum Gasteiger partial charge on any atom is 0.242 e. The molecule has 1 unspecified atom stereocenters. The first-order chi connectivity index (χ1) is 5.88. The van der Waals surface area contributed by atoms with Crippen LogP contribution in [0.1, 0.15) is 39.5 Å². The average Bonchev–Trinajstić information content (AvgIpc) is 2.59. The first-order valence-corrected chi connectivity index (χ1v) is 4.84. The molecule has 1 rings (SSSR count). The molecule has 1 atom stereocenters. The minimum atomic E-state index is -0.0125. The predicted octanol–water partition coefficient (Wildman–Crippen LogP) is 3.05. The average molecular weight is 170 g/mol. The summed E-state index contributed by atoms with van der Waals surface area (Å²) in [6, 6.07) is 0. The Morgan fingerprint density at radius 1 is 1.25 bits per heavy atom. The van der Waals surface area contributed by atoms with Gasteiger partial charge in [0.1, 0.15) is 12.5 Å². The van der Waals surface area contributed by atoms with Crippen LogP contribution in [0.5, 0.6) is 0 Å². The molecule has 0 saturated carbocycles. The zero-order valence-electron chi connectivity index (χ0n) is 7.95. The van der Waals surface area contributed by atoms with Crippen molar-refractivity contribution >= 4 is 0 Å². The fourth-order valence-electron chi connectivity index (χ4n) is 1.47. The van der Waals surface area contributed by atoms with Gasteiger partial charge in [0.15, 0.2) is 0 Å². The molecule has 1 aliphatic rings. The van der Waals surface area contributed by atoms with Crippen molar-refractivity contribution in [3.8, 4) is 0 Å². The molecule has 0 amide bonds. The largest absolute Gasteiger partial charge is 0.459 e. The molecule has 0 aliphatic carbocycles. The fourth-order valence-corrected chi connectivity index (χ4v) is 1.47. The maximum atomic E-state index is 5.30. The lowest BCUT2D eigenvalue weighted by molar-refractivity contribution is -0.0704. The second-order valence-corrected chi connectivity index (χ2v) is 3.22. The lowest BCUT2D eigenvalue weighted by Crippen LogP contribution is -2.20. The topological polar surface area (TPSA) is 18.5 Å². The third-order valence-electron chi connectivity index (χ3n) is 2.32. The van der Waals surface area contributed by atoms with Crippen molar-refractivity contribution in [2.75, 3.05) is 0 Å². The number of ether oxygens (including phenoxy) is 2. The molecule has 0 spiro atoms. The van der Waals surface area contributed by atoms with Crippen LogP contribution in [0.3, 0.4) is 0 Å². The highest BCUT2D eigenvalue weighted by Crippen LogP contribution is 2.23. The van der Waals surface area contributed by atoms with Gasteiger partial charge in [-0.25, -0.2) is 0 Å². The third kappa shape index (κ3) is 2.43. The number of hydrogen-bond acceptors (Lipinski definition) is 2. The summed E-state index contributed by atoms with van der Waals surface area (Å²) in [6.07, 6.45) is 8.12. The molecular weight excluding hydrogens is 152 g/mol. The van der Waals surface area contributed by atoms with Gasteiger partial charge in [-0.3, -0.25) is 0 Å². The minimum Gasteiger partial charge on any atom is -0.459 e. The van der Waals surface area contributed by atoms with Crippen molar-refractivity contribution in [1.82, 2.24) is 0 Å². The van der Waals surface area contributed by atoms with E-state index in [-0.39, 0.29) is 6.29 Å². The van der Waals surface area contributed by atoms with Crippen LogP contribution >= 0.6 is 0 Å². The summed E-state index contributed by atoms with van der Waals surface area (Å²) in [5, 5.41) is 0. The van der Waals surface area contributed by atoms with Gasteiger partial charge in [0.05, 0.1) is 0 Å². The molecule has 0 bridgehead atoms. The van der Waals surface area contributed by atoms with E-state index in [1.54, 1.807) is 12.5 Å². The van der Waals surface area contributed by atoms with Crippen molar-refractivity contribution in [1.29, 1.82) is 0 Å². The third-order valence-corrected chi connectivity index (χ3v) is 2.32. The van der Waals surface area contributed by atoms with Crippen LogP contribution in [-0.2, 0) is 9.47 Å². The van der Waals surface area contributed by atoms with Gasteiger partial charge in [0.25, 0.3) is 0 Å². The van der Waals surface area contributed by atoms with Gasteiger partial charge in [-0.05, 0) is 12.8 Å². The van der Waals surface area contributed by atoms with Gasteiger partial charge in [-0.2, -0.15) is 0 Å². The van der Waals surface area contributed by atoms with Gasteiger partial charge >= 0.3 is 0 Å². The Balaban J connectivity index is 2.24. The van der Waals surface area contributed by atoms with E-state index in [0.717, 1.165) is 6.42 Å². The van der Waals surface area contributed by atoms with E-state index in [4.69, 9.17) is 9.47 Å². The smallest absolute Gasteiger partial charge is 0.242 e. The molecule has 0 aromatic rings. The van der Waals surface area contributed by atoms with Crippen LogP contribution in [-0.4, -0.2) is 6.29 Å². The first kappa shape index (κ1) is 9.43. The molecule has 2 nitrogen and oxygen atoms in total. The van der Waals surface area contributed by atoms with Gasteiger partial charge < -0.3 is 9.47 Å². The molecular formula is C10H18O2. The standard InChI is InChI=1S/C10H18O2/c1-3-5-6-9(4-2)10-11-7-8-12-10/h7-10H,3-6H2,1-2H3. The zero-order valence-corrected chi connectivity index (χ0v) is 7.95. The Kier molecular flexibility index (Phi) is 3.98. The van der Waals surface area contributed by atoms with Crippen LogP contribution in [0, 0.1) is 5.92 Å². The number of hydrogen-bond donors (Lipinski definition) is 0. The van der Waals surface area contributed by atoms with Crippen molar-refractivity contribution in [3.63, 3.8) is 0 Å². The maximum absolute atomic E-state index is 5.30. The lowest BCUT2D eigenvalue weighted by atomic mass is 9.99. The summed E-state index contributed by atoms with van der Waals surface area (Å²) in [7, 11) is 0. The van der Waals surface area contributed by atoms with Crippen LogP contribution in [0.4, 0.5) is 0 Å². The molecule has 0 radical (unpaired) electrons. The van der Waals surface area contributed by atoms with E-state index in [1.807, 2.05) is 0 Å². The molecule has 0 aromatic carbocycles. The monoisotopic (exact) mass is 170 g/mol. The number of rotatable bonds is 5. The van der Waals surface area contributed by atoms with Crippen LogP contribution in [0.25, 0.3) is 0 Å². The van der Waals surface area contributed by atoms with Crippen molar-refractivity contribution in [2.24, 2.45) is 5.92 Å². The van der Waals surface area contributed by atoms with Gasteiger partial charge in [-0.1, -0.05) is 26.7 Å². The fraction of sp³-hybridized carbons (Fsp3) is 0.800. The van der Waals surface area contributed by atoms with E-state index in [2.05, 4.69) is 13.8 Å². The Bertz CT molecular complexity index is 135. The second kappa shape index (κ2) is 5.07. The molecule has 0 aromatic heterocycles. The van der Waals surface area contributed by atoms with Crippen molar-refractivity contribution in [2.45, 2.75) is 45.8 Å². The first-order valence-electron chi connectivity index (χ1n) is 4.84. The highest BCUT2D eigenvalue weighted by Gasteiger charge is 2.23. The van der Waals surface area contributed by atoms with Crippen LogP contribution in [0.2, 0.25) is 0 Å². The summed E-state index contributed by atoms with van der Waals surface area (Å²) in [6.45, 7) is 4.40. The van der Waals surface area contributed by atoms with Gasteiger partial charge in [0, 0.05) is 5.92 Å². The van der Waals surface area contributed by atoms with Gasteiger partial charge in [0.2, 0.25) is 6.29 Å². The molecule has 0 N–H and O–H groups in total. The second-order valence-electron chi connectivity index (χ2n) is 3.22. The Hall–Kier alpha value is -0.660. The minimum absolute atomic E-state index is 0.0125. The lowest BCUT2D eigenvalue weighted by Gasteiger charge is -2.20.